The first-order valence-electron chi connectivity index (χ1n) is 9.70. The monoisotopic (exact) mass is 385 g/mol. The number of nitrogens with zero attached hydrogens (tertiary/aromatic N) is 4. The first-order chi connectivity index (χ1) is 13.4. The quantitative estimate of drug-likeness (QED) is 0.584. The summed E-state index contributed by atoms with van der Waals surface area (Å²) in [6, 6.07) is 7.74. The van der Waals surface area contributed by atoms with Crippen molar-refractivity contribution in [3.63, 3.8) is 0 Å². The zero-order chi connectivity index (χ0) is 20.3. The summed E-state index contributed by atoms with van der Waals surface area (Å²) in [7, 11) is 0. The Morgan fingerprint density at radius 1 is 1.32 bits per heavy atom. The number of hydrogen-bond acceptors (Lipinski definition) is 5. The molecule has 1 aliphatic rings. The van der Waals surface area contributed by atoms with Crippen LogP contribution >= 0.6 is 0 Å². The van der Waals surface area contributed by atoms with Crippen molar-refractivity contribution in [3.05, 3.63) is 56.9 Å². The van der Waals surface area contributed by atoms with Gasteiger partial charge in [0.05, 0.1) is 11.5 Å². The van der Waals surface area contributed by atoms with E-state index in [0.29, 0.717) is 36.1 Å². The number of carbonyl (C=O) groups is 1. The Balaban J connectivity index is 1.61. The lowest BCUT2D eigenvalue weighted by Crippen LogP contribution is -2.40. The number of likely N-dealkylation sites (tertiary alicyclic amines) is 1. The fourth-order valence-corrected chi connectivity index (χ4v) is 3.90. The van der Waals surface area contributed by atoms with Gasteiger partial charge in [0.15, 0.2) is 0 Å². The normalized spacial score (nSPS) is 17.0. The topological polar surface area (TPSA) is 93.3 Å². The molecule has 3 rings (SSSR count). The van der Waals surface area contributed by atoms with E-state index in [1.807, 2.05) is 12.1 Å². The van der Waals surface area contributed by atoms with Crippen LogP contribution in [0.15, 0.2) is 24.3 Å². The lowest BCUT2D eigenvalue weighted by atomic mass is 10.1. The number of amides is 1. The van der Waals surface area contributed by atoms with Gasteiger partial charge >= 0.3 is 5.69 Å². The van der Waals surface area contributed by atoms with Crippen LogP contribution in [0.25, 0.3) is 0 Å². The number of aryl methyl sites for hydroxylation is 1. The Morgan fingerprint density at radius 2 is 2.04 bits per heavy atom. The van der Waals surface area contributed by atoms with Crippen LogP contribution in [0.3, 0.4) is 0 Å². The molecule has 1 unspecified atom stereocenters. The van der Waals surface area contributed by atoms with Gasteiger partial charge in [-0.15, -0.1) is 0 Å². The van der Waals surface area contributed by atoms with Gasteiger partial charge in [-0.05, 0) is 57.5 Å². The molecule has 1 fully saturated rings. The molecule has 0 bridgehead atoms. The van der Waals surface area contributed by atoms with Crippen molar-refractivity contribution in [2.24, 2.45) is 0 Å². The van der Waals surface area contributed by atoms with Crippen LogP contribution in [0, 0.1) is 24.0 Å². The van der Waals surface area contributed by atoms with E-state index in [1.165, 1.54) is 6.42 Å². The van der Waals surface area contributed by atoms with Gasteiger partial charge < -0.3 is 5.32 Å². The summed E-state index contributed by atoms with van der Waals surface area (Å²) in [5.74, 6) is -0.0729. The number of rotatable bonds is 7. The number of likely N-dealkylation sites (N-methyl/N-ethyl adjacent to an activating group) is 1. The lowest BCUT2D eigenvalue weighted by molar-refractivity contribution is -0.386. The summed E-state index contributed by atoms with van der Waals surface area (Å²) in [4.78, 5) is 25.6. The molecule has 1 aliphatic heterocycles. The van der Waals surface area contributed by atoms with E-state index in [1.54, 1.807) is 30.7 Å². The van der Waals surface area contributed by atoms with Crippen molar-refractivity contribution in [1.82, 2.24) is 20.0 Å². The average molecular weight is 385 g/mol. The zero-order valence-electron chi connectivity index (χ0n) is 16.6. The van der Waals surface area contributed by atoms with Gasteiger partial charge in [0.2, 0.25) is 0 Å². The molecule has 1 atom stereocenters. The summed E-state index contributed by atoms with van der Waals surface area (Å²) in [6.45, 7) is 8.70. The Labute approximate surface area is 164 Å². The molecule has 0 saturated carbocycles. The van der Waals surface area contributed by atoms with Crippen LogP contribution < -0.4 is 5.32 Å². The summed E-state index contributed by atoms with van der Waals surface area (Å²) in [5.41, 5.74) is 2.55. The Bertz CT molecular complexity index is 859. The van der Waals surface area contributed by atoms with Gasteiger partial charge in [-0.3, -0.25) is 24.5 Å². The number of benzene rings is 1. The van der Waals surface area contributed by atoms with E-state index < -0.39 is 4.92 Å². The van der Waals surface area contributed by atoms with E-state index in [9.17, 15) is 14.9 Å². The number of hydrogen-bond donors (Lipinski definition) is 1. The van der Waals surface area contributed by atoms with E-state index in [0.717, 1.165) is 25.1 Å². The van der Waals surface area contributed by atoms with Crippen LogP contribution in [0.4, 0.5) is 5.69 Å². The fourth-order valence-electron chi connectivity index (χ4n) is 3.90. The zero-order valence-corrected chi connectivity index (χ0v) is 16.6. The molecular weight excluding hydrogens is 358 g/mol. The third-order valence-electron chi connectivity index (χ3n) is 5.48. The molecule has 1 saturated heterocycles. The molecule has 1 aromatic carbocycles. The van der Waals surface area contributed by atoms with Crippen LogP contribution in [0.2, 0.25) is 0 Å². The maximum atomic E-state index is 12.4. The molecular formula is C20H27N5O3. The summed E-state index contributed by atoms with van der Waals surface area (Å²) in [6.07, 6.45) is 2.31. The maximum absolute atomic E-state index is 12.4. The van der Waals surface area contributed by atoms with Gasteiger partial charge in [0.25, 0.3) is 5.91 Å². The van der Waals surface area contributed by atoms with E-state index >= 15 is 0 Å². The lowest BCUT2D eigenvalue weighted by Gasteiger charge is -2.22. The molecule has 8 nitrogen and oxygen atoms in total. The number of aromatic nitrogens is 2. The summed E-state index contributed by atoms with van der Waals surface area (Å²) < 4.78 is 1.63. The average Bonchev–Trinajstić information content (AvgIpc) is 3.24. The molecule has 150 valence electrons. The van der Waals surface area contributed by atoms with Crippen molar-refractivity contribution >= 4 is 11.6 Å². The van der Waals surface area contributed by atoms with Crippen LogP contribution in [-0.2, 0) is 6.54 Å². The second-order valence-electron chi connectivity index (χ2n) is 7.27. The second kappa shape index (κ2) is 8.52. The Hall–Kier alpha value is -2.74. The molecule has 0 aliphatic carbocycles. The second-order valence-corrected chi connectivity index (χ2v) is 7.27. The van der Waals surface area contributed by atoms with Crippen molar-refractivity contribution in [2.75, 3.05) is 19.6 Å². The standard InChI is InChI=1S/C20H27N5O3/c1-4-23-11-5-6-18(23)12-21-20(26)17-9-7-16(8-10-17)13-24-15(3)19(25(27)28)14(2)22-24/h7-10,18H,4-6,11-13H2,1-3H3,(H,21,26). The maximum Gasteiger partial charge on any atom is 0.312 e. The number of nitrogens with one attached hydrogen (secondary N) is 1. The minimum atomic E-state index is -0.397. The molecule has 1 aromatic heterocycles. The highest BCUT2D eigenvalue weighted by atomic mass is 16.6. The molecule has 8 heteroatoms. The fraction of sp³-hybridized carbons (Fsp3) is 0.500. The highest BCUT2D eigenvalue weighted by Crippen LogP contribution is 2.22. The van der Waals surface area contributed by atoms with Gasteiger partial charge in [-0.25, -0.2) is 0 Å². The van der Waals surface area contributed by atoms with Crippen LogP contribution in [0.5, 0.6) is 0 Å². The minimum Gasteiger partial charge on any atom is -0.350 e. The van der Waals surface area contributed by atoms with E-state index in [2.05, 4.69) is 22.2 Å². The third kappa shape index (κ3) is 4.22. The molecule has 1 amide bonds. The minimum absolute atomic E-state index is 0.0593. The molecule has 0 spiro atoms. The van der Waals surface area contributed by atoms with Gasteiger partial charge in [0.1, 0.15) is 11.4 Å². The van der Waals surface area contributed by atoms with E-state index in [4.69, 9.17) is 0 Å². The van der Waals surface area contributed by atoms with Crippen molar-refractivity contribution < 1.29 is 9.72 Å². The van der Waals surface area contributed by atoms with Gasteiger partial charge in [-0.2, -0.15) is 5.10 Å². The van der Waals surface area contributed by atoms with Gasteiger partial charge in [-0.1, -0.05) is 19.1 Å². The first-order valence-corrected chi connectivity index (χ1v) is 9.70. The predicted octanol–water partition coefficient (Wildman–Crippen LogP) is 2.67. The van der Waals surface area contributed by atoms with Crippen LogP contribution in [0.1, 0.15) is 47.1 Å². The van der Waals surface area contributed by atoms with Crippen molar-refractivity contribution in [2.45, 2.75) is 46.2 Å². The molecule has 2 heterocycles. The molecule has 0 radical (unpaired) electrons. The summed E-state index contributed by atoms with van der Waals surface area (Å²) >= 11 is 0. The smallest absolute Gasteiger partial charge is 0.312 e. The van der Waals surface area contributed by atoms with Crippen LogP contribution in [-0.4, -0.2) is 51.2 Å². The van der Waals surface area contributed by atoms with Crippen molar-refractivity contribution in [3.8, 4) is 0 Å². The number of carbonyl (C=O) groups excluding carboxylic acids is 1. The third-order valence-corrected chi connectivity index (χ3v) is 5.48. The Kier molecular flexibility index (Phi) is 6.08. The molecule has 28 heavy (non-hydrogen) atoms. The molecule has 1 N–H and O–H groups in total. The van der Waals surface area contributed by atoms with E-state index in [-0.39, 0.29) is 11.6 Å². The van der Waals surface area contributed by atoms with Crippen molar-refractivity contribution in [1.29, 1.82) is 0 Å². The SMILES string of the molecule is CCN1CCCC1CNC(=O)c1ccc(Cn2nc(C)c([N+](=O)[O-])c2C)cc1. The summed E-state index contributed by atoms with van der Waals surface area (Å²) in [5, 5.41) is 18.4. The van der Waals surface area contributed by atoms with Gasteiger partial charge in [0, 0.05) is 18.2 Å². The Morgan fingerprint density at radius 3 is 2.64 bits per heavy atom. The highest BCUT2D eigenvalue weighted by molar-refractivity contribution is 5.94. The molecule has 2 aromatic rings. The first kappa shape index (κ1) is 20.0. The number of nitro groups is 1. The highest BCUT2D eigenvalue weighted by Gasteiger charge is 2.23. The predicted molar refractivity (Wildman–Crippen MR) is 107 cm³/mol. The largest absolute Gasteiger partial charge is 0.350 e.